The summed E-state index contributed by atoms with van der Waals surface area (Å²) in [7, 11) is 1.66. The number of piperidine rings is 1. The Hall–Kier alpha value is -2.63. The van der Waals surface area contributed by atoms with E-state index in [0.29, 0.717) is 12.8 Å². The average molecular weight is 377 g/mol. The molecule has 0 atom stereocenters. The van der Waals surface area contributed by atoms with E-state index >= 15 is 0 Å². The van der Waals surface area contributed by atoms with Crippen LogP contribution in [0.5, 0.6) is 5.75 Å². The first-order valence-corrected chi connectivity index (χ1v) is 9.76. The smallest absolute Gasteiger partial charge is 0.124 e. The minimum Gasteiger partial charge on any atom is -0.496 e. The van der Waals surface area contributed by atoms with E-state index in [4.69, 9.17) is 4.74 Å². The van der Waals surface area contributed by atoms with Crippen LogP contribution >= 0.6 is 0 Å². The standard InChI is InChI=1S/C23H27N3O2/c1-18-7-9-20(10-8-18)26-17-19(15-24-26)16-25-13-11-23(27,12-14-25)21-5-3-4-6-22(21)28-2/h3-10,15,17,27H,11-14,16H2,1-2H3. The maximum absolute atomic E-state index is 11.2. The number of methoxy groups -OCH3 is 1. The van der Waals surface area contributed by atoms with Gasteiger partial charge in [0.05, 0.1) is 24.6 Å². The van der Waals surface area contributed by atoms with Gasteiger partial charge in [0, 0.05) is 37.0 Å². The highest BCUT2D eigenvalue weighted by atomic mass is 16.5. The van der Waals surface area contributed by atoms with Crippen LogP contribution in [0.3, 0.4) is 0 Å². The topological polar surface area (TPSA) is 50.5 Å². The van der Waals surface area contributed by atoms with Crippen LogP contribution in [-0.2, 0) is 12.1 Å². The SMILES string of the molecule is COc1ccccc1C1(O)CCN(Cc2cnn(-c3ccc(C)cc3)c2)CC1. The number of nitrogens with zero attached hydrogens (tertiary/aromatic N) is 3. The van der Waals surface area contributed by atoms with E-state index in [1.54, 1.807) is 7.11 Å². The Morgan fingerprint density at radius 1 is 1.07 bits per heavy atom. The maximum atomic E-state index is 11.2. The number of aryl methyl sites for hydroxylation is 1. The monoisotopic (exact) mass is 377 g/mol. The minimum absolute atomic E-state index is 0.694. The number of aliphatic hydroxyl groups is 1. The van der Waals surface area contributed by atoms with Crippen LogP contribution < -0.4 is 4.74 Å². The molecule has 0 spiro atoms. The average Bonchev–Trinajstić information content (AvgIpc) is 3.19. The van der Waals surface area contributed by atoms with Crippen molar-refractivity contribution in [3.8, 4) is 11.4 Å². The summed E-state index contributed by atoms with van der Waals surface area (Å²) in [5, 5.41) is 15.7. The first-order valence-electron chi connectivity index (χ1n) is 9.76. The van der Waals surface area contributed by atoms with Gasteiger partial charge >= 0.3 is 0 Å². The molecule has 2 heterocycles. The Morgan fingerprint density at radius 2 is 1.79 bits per heavy atom. The molecule has 1 N–H and O–H groups in total. The van der Waals surface area contributed by atoms with Crippen molar-refractivity contribution in [2.45, 2.75) is 31.9 Å². The zero-order valence-corrected chi connectivity index (χ0v) is 16.5. The van der Waals surface area contributed by atoms with Gasteiger partial charge in [0.15, 0.2) is 0 Å². The van der Waals surface area contributed by atoms with Gasteiger partial charge in [-0.1, -0.05) is 35.9 Å². The van der Waals surface area contributed by atoms with Crippen molar-refractivity contribution in [2.75, 3.05) is 20.2 Å². The molecule has 1 aliphatic rings. The van der Waals surface area contributed by atoms with E-state index in [1.807, 2.05) is 35.1 Å². The molecule has 0 amide bonds. The third-order valence-corrected chi connectivity index (χ3v) is 5.63. The molecule has 1 aromatic heterocycles. The summed E-state index contributed by atoms with van der Waals surface area (Å²) in [5.41, 5.74) is 3.57. The zero-order chi connectivity index (χ0) is 19.6. The van der Waals surface area contributed by atoms with Gasteiger partial charge in [-0.3, -0.25) is 4.90 Å². The van der Waals surface area contributed by atoms with Crippen molar-refractivity contribution in [2.24, 2.45) is 0 Å². The molecule has 3 aromatic rings. The van der Waals surface area contributed by atoms with Crippen LogP contribution in [0.4, 0.5) is 0 Å². The third-order valence-electron chi connectivity index (χ3n) is 5.63. The molecule has 2 aromatic carbocycles. The number of para-hydroxylation sites is 1. The van der Waals surface area contributed by atoms with Gasteiger partial charge in [0.25, 0.3) is 0 Å². The molecule has 0 bridgehead atoms. The van der Waals surface area contributed by atoms with Gasteiger partial charge in [0.1, 0.15) is 5.75 Å². The van der Waals surface area contributed by atoms with Crippen LogP contribution in [0.25, 0.3) is 5.69 Å². The van der Waals surface area contributed by atoms with Gasteiger partial charge in [-0.25, -0.2) is 4.68 Å². The second-order valence-corrected chi connectivity index (χ2v) is 7.64. The number of benzene rings is 2. The second-order valence-electron chi connectivity index (χ2n) is 7.64. The molecule has 1 saturated heterocycles. The van der Waals surface area contributed by atoms with E-state index in [1.165, 1.54) is 11.1 Å². The van der Waals surface area contributed by atoms with Gasteiger partial charge < -0.3 is 9.84 Å². The van der Waals surface area contributed by atoms with E-state index < -0.39 is 5.60 Å². The highest BCUT2D eigenvalue weighted by Crippen LogP contribution is 2.38. The largest absolute Gasteiger partial charge is 0.496 e. The van der Waals surface area contributed by atoms with Crippen molar-refractivity contribution in [1.29, 1.82) is 0 Å². The van der Waals surface area contributed by atoms with E-state index in [0.717, 1.165) is 36.6 Å². The lowest BCUT2D eigenvalue weighted by Crippen LogP contribution is -2.42. The zero-order valence-electron chi connectivity index (χ0n) is 16.5. The molecule has 0 radical (unpaired) electrons. The van der Waals surface area contributed by atoms with Crippen LogP contribution in [0, 0.1) is 6.92 Å². The van der Waals surface area contributed by atoms with Gasteiger partial charge in [-0.15, -0.1) is 0 Å². The van der Waals surface area contributed by atoms with Crippen LogP contribution in [0.15, 0.2) is 60.9 Å². The van der Waals surface area contributed by atoms with Crippen LogP contribution in [0.2, 0.25) is 0 Å². The van der Waals surface area contributed by atoms with E-state index in [2.05, 4.69) is 47.4 Å². The minimum atomic E-state index is -0.824. The summed E-state index contributed by atoms with van der Waals surface area (Å²) in [6.45, 7) is 4.60. The maximum Gasteiger partial charge on any atom is 0.124 e. The predicted molar refractivity (Wildman–Crippen MR) is 110 cm³/mol. The fourth-order valence-electron chi connectivity index (χ4n) is 3.92. The fraction of sp³-hybridized carbons (Fsp3) is 0.348. The number of hydrogen-bond donors (Lipinski definition) is 1. The van der Waals surface area contributed by atoms with Gasteiger partial charge in [-0.2, -0.15) is 5.10 Å². The first-order chi connectivity index (χ1) is 13.6. The predicted octanol–water partition coefficient (Wildman–Crippen LogP) is 3.67. The summed E-state index contributed by atoms with van der Waals surface area (Å²) in [6, 6.07) is 16.1. The Balaban J connectivity index is 1.40. The number of hydrogen-bond acceptors (Lipinski definition) is 4. The number of aromatic nitrogens is 2. The lowest BCUT2D eigenvalue weighted by molar-refractivity contribution is -0.0292. The van der Waals surface area contributed by atoms with Crippen LogP contribution in [-0.4, -0.2) is 40.0 Å². The molecule has 0 saturated carbocycles. The van der Waals surface area contributed by atoms with Crippen molar-refractivity contribution in [3.63, 3.8) is 0 Å². The molecule has 0 aliphatic carbocycles. The molecule has 0 unspecified atom stereocenters. The fourth-order valence-corrected chi connectivity index (χ4v) is 3.92. The number of rotatable bonds is 5. The Kier molecular flexibility index (Phi) is 5.20. The molecule has 28 heavy (non-hydrogen) atoms. The summed E-state index contributed by atoms with van der Waals surface area (Å²) >= 11 is 0. The second kappa shape index (κ2) is 7.78. The Bertz CT molecular complexity index is 925. The summed E-state index contributed by atoms with van der Waals surface area (Å²) < 4.78 is 7.37. The molecule has 146 valence electrons. The van der Waals surface area contributed by atoms with Crippen molar-refractivity contribution in [3.05, 3.63) is 77.6 Å². The normalized spacial score (nSPS) is 16.8. The molecule has 1 aliphatic heterocycles. The third kappa shape index (κ3) is 3.81. The number of likely N-dealkylation sites (tertiary alicyclic amines) is 1. The summed E-state index contributed by atoms with van der Waals surface area (Å²) in [4.78, 5) is 2.38. The van der Waals surface area contributed by atoms with E-state index in [-0.39, 0.29) is 0 Å². The first kappa shape index (κ1) is 18.7. The summed E-state index contributed by atoms with van der Waals surface area (Å²) in [5.74, 6) is 0.762. The van der Waals surface area contributed by atoms with Crippen molar-refractivity contribution < 1.29 is 9.84 Å². The van der Waals surface area contributed by atoms with E-state index in [9.17, 15) is 5.11 Å². The van der Waals surface area contributed by atoms with Crippen LogP contribution in [0.1, 0.15) is 29.5 Å². The van der Waals surface area contributed by atoms with Gasteiger partial charge in [0.2, 0.25) is 0 Å². The van der Waals surface area contributed by atoms with Crippen molar-refractivity contribution in [1.82, 2.24) is 14.7 Å². The van der Waals surface area contributed by atoms with Crippen molar-refractivity contribution >= 4 is 0 Å². The lowest BCUT2D eigenvalue weighted by atomic mass is 9.84. The highest BCUT2D eigenvalue weighted by molar-refractivity contribution is 5.38. The molecule has 4 rings (SSSR count). The molecule has 5 nitrogen and oxygen atoms in total. The Morgan fingerprint density at radius 3 is 2.50 bits per heavy atom. The number of ether oxygens (including phenoxy) is 1. The van der Waals surface area contributed by atoms with Gasteiger partial charge in [-0.05, 0) is 38.0 Å². The molecular weight excluding hydrogens is 350 g/mol. The lowest BCUT2D eigenvalue weighted by Gasteiger charge is -2.38. The molecule has 1 fully saturated rings. The Labute approximate surface area is 166 Å². The quantitative estimate of drug-likeness (QED) is 0.737. The highest BCUT2D eigenvalue weighted by Gasteiger charge is 2.36. The molecule has 5 heteroatoms. The summed E-state index contributed by atoms with van der Waals surface area (Å²) in [6.07, 6.45) is 5.41. The molecular formula is C23H27N3O2.